The van der Waals surface area contributed by atoms with Crippen molar-refractivity contribution in [3.05, 3.63) is 21.9 Å². The van der Waals surface area contributed by atoms with Gasteiger partial charge in [0.25, 0.3) is 5.91 Å². The second-order valence-electron chi connectivity index (χ2n) is 3.81. The molecule has 15 heavy (non-hydrogen) atoms. The van der Waals surface area contributed by atoms with Crippen LogP contribution in [-0.2, 0) is 4.74 Å². The van der Waals surface area contributed by atoms with E-state index in [1.165, 1.54) is 4.88 Å². The Morgan fingerprint density at radius 1 is 1.53 bits per heavy atom. The largest absolute Gasteiger partial charge is 0.381 e. The molecule has 1 aliphatic rings. The lowest BCUT2D eigenvalue weighted by atomic mass is 10.1. The van der Waals surface area contributed by atoms with Crippen LogP contribution in [-0.4, -0.2) is 25.2 Å². The summed E-state index contributed by atoms with van der Waals surface area (Å²) in [6, 6.07) is 2.21. The molecule has 1 aliphatic heterocycles. The maximum absolute atomic E-state index is 11.8. The molecule has 1 aromatic rings. The Hall–Kier alpha value is -0.870. The number of hydrogen-bond donors (Lipinski definition) is 1. The molecule has 1 amide bonds. The third-order valence-corrected chi connectivity index (χ3v) is 3.41. The SMILES string of the molecule is Cc1cc(C(=O)NC2CCOCC2)cs1. The van der Waals surface area contributed by atoms with Gasteiger partial charge in [0.1, 0.15) is 0 Å². The molecule has 2 rings (SSSR count). The molecule has 4 heteroatoms. The van der Waals surface area contributed by atoms with Crippen molar-refractivity contribution in [2.75, 3.05) is 13.2 Å². The van der Waals surface area contributed by atoms with Gasteiger partial charge in [-0.05, 0) is 25.8 Å². The van der Waals surface area contributed by atoms with E-state index in [1.54, 1.807) is 11.3 Å². The molecule has 0 bridgehead atoms. The molecule has 82 valence electrons. The fourth-order valence-electron chi connectivity index (χ4n) is 1.67. The van der Waals surface area contributed by atoms with Gasteiger partial charge in [0.2, 0.25) is 0 Å². The third kappa shape index (κ3) is 2.79. The Bertz CT molecular complexity index is 342. The number of rotatable bonds is 2. The summed E-state index contributed by atoms with van der Waals surface area (Å²) in [4.78, 5) is 13.0. The van der Waals surface area contributed by atoms with Crippen molar-refractivity contribution in [1.82, 2.24) is 5.32 Å². The summed E-state index contributed by atoms with van der Waals surface area (Å²) in [5.74, 6) is 0.0475. The lowest BCUT2D eigenvalue weighted by Gasteiger charge is -2.22. The number of nitrogens with one attached hydrogen (secondary N) is 1. The Morgan fingerprint density at radius 3 is 2.87 bits per heavy atom. The van der Waals surface area contributed by atoms with Crippen molar-refractivity contribution in [3.63, 3.8) is 0 Å². The minimum atomic E-state index is 0.0475. The zero-order valence-electron chi connectivity index (χ0n) is 8.79. The van der Waals surface area contributed by atoms with Crippen LogP contribution >= 0.6 is 11.3 Å². The third-order valence-electron chi connectivity index (χ3n) is 2.55. The number of ether oxygens (including phenoxy) is 1. The Labute approximate surface area is 93.4 Å². The van der Waals surface area contributed by atoms with Gasteiger partial charge in [-0.15, -0.1) is 11.3 Å². The van der Waals surface area contributed by atoms with Crippen molar-refractivity contribution >= 4 is 17.2 Å². The maximum Gasteiger partial charge on any atom is 0.252 e. The minimum Gasteiger partial charge on any atom is -0.381 e. The smallest absolute Gasteiger partial charge is 0.252 e. The predicted molar refractivity (Wildman–Crippen MR) is 60.4 cm³/mol. The van der Waals surface area contributed by atoms with Crippen LogP contribution in [0.3, 0.4) is 0 Å². The van der Waals surface area contributed by atoms with E-state index >= 15 is 0 Å². The first-order valence-electron chi connectivity index (χ1n) is 5.19. The summed E-state index contributed by atoms with van der Waals surface area (Å²) >= 11 is 1.61. The standard InChI is InChI=1S/C11H15NO2S/c1-8-6-9(7-15-8)11(13)12-10-2-4-14-5-3-10/h6-7,10H,2-5H2,1H3,(H,12,13). The van der Waals surface area contributed by atoms with E-state index in [4.69, 9.17) is 4.74 Å². The molecule has 1 N–H and O–H groups in total. The van der Waals surface area contributed by atoms with Crippen LogP contribution in [0.25, 0.3) is 0 Å². The highest BCUT2D eigenvalue weighted by Gasteiger charge is 2.17. The highest BCUT2D eigenvalue weighted by atomic mass is 32.1. The first-order valence-corrected chi connectivity index (χ1v) is 6.07. The van der Waals surface area contributed by atoms with Crippen molar-refractivity contribution in [2.24, 2.45) is 0 Å². The van der Waals surface area contributed by atoms with Gasteiger partial charge in [0.05, 0.1) is 5.56 Å². The van der Waals surface area contributed by atoms with Gasteiger partial charge in [-0.25, -0.2) is 0 Å². The Balaban J connectivity index is 1.91. The van der Waals surface area contributed by atoms with Gasteiger partial charge in [0.15, 0.2) is 0 Å². The van der Waals surface area contributed by atoms with Gasteiger partial charge in [-0.1, -0.05) is 0 Å². The van der Waals surface area contributed by atoms with E-state index in [-0.39, 0.29) is 11.9 Å². The topological polar surface area (TPSA) is 38.3 Å². The molecule has 3 nitrogen and oxygen atoms in total. The number of aryl methyl sites for hydroxylation is 1. The van der Waals surface area contributed by atoms with Gasteiger partial charge in [0, 0.05) is 29.5 Å². The van der Waals surface area contributed by atoms with E-state index in [0.29, 0.717) is 0 Å². The fraction of sp³-hybridized carbons (Fsp3) is 0.545. The summed E-state index contributed by atoms with van der Waals surface area (Å²) < 4.78 is 5.24. The van der Waals surface area contributed by atoms with Gasteiger partial charge in [-0.2, -0.15) is 0 Å². The van der Waals surface area contributed by atoms with Crippen molar-refractivity contribution in [2.45, 2.75) is 25.8 Å². The quantitative estimate of drug-likeness (QED) is 0.835. The van der Waals surface area contributed by atoms with Crippen LogP contribution in [0.4, 0.5) is 0 Å². The maximum atomic E-state index is 11.8. The van der Waals surface area contributed by atoms with Crippen LogP contribution in [0.15, 0.2) is 11.4 Å². The average Bonchev–Trinajstić information content (AvgIpc) is 2.66. The molecule has 0 spiro atoms. The summed E-state index contributed by atoms with van der Waals surface area (Å²) in [7, 11) is 0. The summed E-state index contributed by atoms with van der Waals surface area (Å²) in [5, 5.41) is 4.94. The monoisotopic (exact) mass is 225 g/mol. The molecule has 0 radical (unpaired) electrons. The molecule has 0 aliphatic carbocycles. The van der Waals surface area contributed by atoms with Crippen molar-refractivity contribution in [3.8, 4) is 0 Å². The van der Waals surface area contributed by atoms with E-state index in [9.17, 15) is 4.79 Å². The predicted octanol–water partition coefficient (Wildman–Crippen LogP) is 1.97. The van der Waals surface area contributed by atoms with Crippen LogP contribution in [0.2, 0.25) is 0 Å². The minimum absolute atomic E-state index is 0.0475. The van der Waals surface area contributed by atoms with Crippen LogP contribution < -0.4 is 5.32 Å². The number of carbonyl (C=O) groups is 1. The molecule has 1 saturated heterocycles. The second kappa shape index (κ2) is 4.77. The number of thiophene rings is 1. The summed E-state index contributed by atoms with van der Waals surface area (Å²) in [5.41, 5.74) is 0.781. The zero-order chi connectivity index (χ0) is 10.7. The molecule has 1 fully saturated rings. The Morgan fingerprint density at radius 2 is 2.27 bits per heavy atom. The Kier molecular flexibility index (Phi) is 3.38. The number of carbonyl (C=O) groups excluding carboxylic acids is 1. The van der Waals surface area contributed by atoms with Crippen LogP contribution in [0.5, 0.6) is 0 Å². The van der Waals surface area contributed by atoms with Crippen LogP contribution in [0.1, 0.15) is 28.1 Å². The number of amides is 1. The normalized spacial score (nSPS) is 17.7. The van der Waals surface area contributed by atoms with E-state index in [2.05, 4.69) is 5.32 Å². The highest BCUT2D eigenvalue weighted by Crippen LogP contribution is 2.14. The van der Waals surface area contributed by atoms with Gasteiger partial charge in [-0.3, -0.25) is 4.79 Å². The summed E-state index contributed by atoms with van der Waals surface area (Å²) in [6.45, 7) is 3.52. The zero-order valence-corrected chi connectivity index (χ0v) is 9.60. The molecular weight excluding hydrogens is 210 g/mol. The van der Waals surface area contributed by atoms with Gasteiger partial charge >= 0.3 is 0 Å². The van der Waals surface area contributed by atoms with Crippen molar-refractivity contribution < 1.29 is 9.53 Å². The molecule has 0 unspecified atom stereocenters. The molecular formula is C11H15NO2S. The van der Waals surface area contributed by atoms with Gasteiger partial charge < -0.3 is 10.1 Å². The molecule has 0 atom stereocenters. The second-order valence-corrected chi connectivity index (χ2v) is 4.92. The molecule has 0 saturated carbocycles. The van der Waals surface area contributed by atoms with E-state index < -0.39 is 0 Å². The van der Waals surface area contributed by atoms with E-state index in [1.807, 2.05) is 18.4 Å². The highest BCUT2D eigenvalue weighted by molar-refractivity contribution is 7.10. The molecule has 0 aromatic carbocycles. The molecule has 2 heterocycles. The lowest BCUT2D eigenvalue weighted by molar-refractivity contribution is 0.0696. The lowest BCUT2D eigenvalue weighted by Crippen LogP contribution is -2.38. The van der Waals surface area contributed by atoms with Crippen molar-refractivity contribution in [1.29, 1.82) is 0 Å². The van der Waals surface area contributed by atoms with Crippen LogP contribution in [0, 0.1) is 6.92 Å². The number of hydrogen-bond acceptors (Lipinski definition) is 3. The summed E-state index contributed by atoms with van der Waals surface area (Å²) in [6.07, 6.45) is 1.85. The first-order chi connectivity index (χ1) is 7.25. The average molecular weight is 225 g/mol. The first kappa shape index (κ1) is 10.6. The molecule has 1 aromatic heterocycles. The fourth-order valence-corrected chi connectivity index (χ4v) is 2.36. The van der Waals surface area contributed by atoms with E-state index in [0.717, 1.165) is 31.6 Å².